The third-order valence-corrected chi connectivity index (χ3v) is 2.93. The van der Waals surface area contributed by atoms with E-state index in [1.165, 1.54) is 13.0 Å². The molecule has 0 radical (unpaired) electrons. The van der Waals surface area contributed by atoms with Crippen molar-refractivity contribution in [2.45, 2.75) is 19.0 Å². The maximum Gasteiger partial charge on any atom is 0.433 e. The summed E-state index contributed by atoms with van der Waals surface area (Å²) < 4.78 is 52.8. The summed E-state index contributed by atoms with van der Waals surface area (Å²) in [5.41, 5.74) is -0.519. The molecule has 1 aromatic carbocycles. The van der Waals surface area contributed by atoms with Crippen molar-refractivity contribution in [1.29, 1.82) is 0 Å². The second-order valence-electron chi connectivity index (χ2n) is 3.99. The van der Waals surface area contributed by atoms with Crippen molar-refractivity contribution in [3.05, 3.63) is 47.0 Å². The number of hydrogen-bond acceptors (Lipinski definition) is 1. The maximum absolute atomic E-state index is 13.0. The summed E-state index contributed by atoms with van der Waals surface area (Å²) in [6.07, 6.45) is -3.51. The molecule has 0 spiro atoms. The van der Waals surface area contributed by atoms with Gasteiger partial charge in [0.1, 0.15) is 5.82 Å². The molecule has 2 aromatic rings. The lowest BCUT2D eigenvalue weighted by Crippen LogP contribution is -2.16. The highest BCUT2D eigenvalue weighted by atomic mass is 35.5. The number of benzene rings is 1. The Morgan fingerprint density at radius 3 is 2.53 bits per heavy atom. The Hall–Kier alpha value is -1.56. The monoisotopic (exact) mass is 292 g/mol. The summed E-state index contributed by atoms with van der Waals surface area (Å²) in [7, 11) is 0. The van der Waals surface area contributed by atoms with Gasteiger partial charge in [0.05, 0.1) is 17.8 Å². The molecule has 19 heavy (non-hydrogen) atoms. The van der Waals surface area contributed by atoms with E-state index in [2.05, 4.69) is 5.10 Å². The summed E-state index contributed by atoms with van der Waals surface area (Å²) in [6.45, 7) is 1.51. The number of nitrogens with zero attached hydrogens (tertiary/aromatic N) is 2. The smallest absolute Gasteiger partial charge is 0.228 e. The van der Waals surface area contributed by atoms with Crippen LogP contribution in [0.5, 0.6) is 0 Å². The number of hydrogen-bond donors (Lipinski definition) is 0. The van der Waals surface area contributed by atoms with Crippen LogP contribution in [0.3, 0.4) is 0 Å². The second-order valence-corrected chi connectivity index (χ2v) is 4.26. The average molecular weight is 293 g/mol. The lowest BCUT2D eigenvalue weighted by molar-refractivity contribution is -0.143. The predicted octanol–water partition coefficient (Wildman–Crippen LogP) is 4.08. The van der Waals surface area contributed by atoms with E-state index in [4.69, 9.17) is 11.6 Å². The first-order valence-corrected chi connectivity index (χ1v) is 5.84. The molecule has 0 atom stereocenters. The van der Waals surface area contributed by atoms with Gasteiger partial charge < -0.3 is 0 Å². The SMILES string of the molecule is Cc1cc(F)ccc1-n1ncc(CCl)c1C(F)(F)F. The van der Waals surface area contributed by atoms with Crippen LogP contribution in [-0.2, 0) is 12.1 Å². The zero-order chi connectivity index (χ0) is 14.2. The van der Waals surface area contributed by atoms with Gasteiger partial charge in [0.15, 0.2) is 5.69 Å². The largest absolute Gasteiger partial charge is 0.433 e. The molecule has 0 aliphatic carbocycles. The van der Waals surface area contributed by atoms with E-state index < -0.39 is 17.7 Å². The molecule has 0 saturated carbocycles. The molecule has 102 valence electrons. The molecule has 0 N–H and O–H groups in total. The van der Waals surface area contributed by atoms with Crippen LogP contribution in [0, 0.1) is 12.7 Å². The molecule has 1 heterocycles. The van der Waals surface area contributed by atoms with Gasteiger partial charge in [0.25, 0.3) is 0 Å². The van der Waals surface area contributed by atoms with E-state index in [0.717, 1.165) is 23.0 Å². The Kier molecular flexibility index (Phi) is 3.54. The summed E-state index contributed by atoms with van der Waals surface area (Å²) in [4.78, 5) is 0. The summed E-state index contributed by atoms with van der Waals surface area (Å²) in [6, 6.07) is 3.49. The highest BCUT2D eigenvalue weighted by Gasteiger charge is 2.38. The zero-order valence-electron chi connectivity index (χ0n) is 9.80. The average Bonchev–Trinajstić information content (AvgIpc) is 2.72. The molecule has 0 amide bonds. The first kappa shape index (κ1) is 13.9. The third-order valence-electron chi connectivity index (χ3n) is 2.64. The number of rotatable bonds is 2. The zero-order valence-corrected chi connectivity index (χ0v) is 10.6. The van der Waals surface area contributed by atoms with Gasteiger partial charge in [-0.25, -0.2) is 9.07 Å². The van der Waals surface area contributed by atoms with Crippen molar-refractivity contribution in [2.75, 3.05) is 0 Å². The van der Waals surface area contributed by atoms with Crippen molar-refractivity contribution in [3.63, 3.8) is 0 Å². The van der Waals surface area contributed by atoms with Crippen LogP contribution in [-0.4, -0.2) is 9.78 Å². The van der Waals surface area contributed by atoms with Gasteiger partial charge in [-0.15, -0.1) is 11.6 Å². The van der Waals surface area contributed by atoms with Gasteiger partial charge in [0, 0.05) is 5.56 Å². The molecule has 0 bridgehead atoms. The van der Waals surface area contributed by atoms with E-state index >= 15 is 0 Å². The molecule has 0 unspecified atom stereocenters. The highest BCUT2D eigenvalue weighted by molar-refractivity contribution is 6.17. The minimum Gasteiger partial charge on any atom is -0.228 e. The van der Waals surface area contributed by atoms with Crippen molar-refractivity contribution in [3.8, 4) is 5.69 Å². The Morgan fingerprint density at radius 1 is 1.32 bits per heavy atom. The van der Waals surface area contributed by atoms with Crippen LogP contribution in [0.1, 0.15) is 16.8 Å². The minimum absolute atomic E-state index is 0.113. The summed E-state index contributed by atoms with van der Waals surface area (Å²) in [5.74, 6) is -0.811. The highest BCUT2D eigenvalue weighted by Crippen LogP contribution is 2.34. The fourth-order valence-electron chi connectivity index (χ4n) is 1.82. The molecule has 2 rings (SSSR count). The van der Waals surface area contributed by atoms with Crippen LogP contribution in [0.4, 0.5) is 17.6 Å². The number of alkyl halides is 4. The molecular formula is C12H9ClF4N2. The summed E-state index contributed by atoms with van der Waals surface area (Å²) >= 11 is 5.49. The first-order valence-electron chi connectivity index (χ1n) is 5.31. The van der Waals surface area contributed by atoms with Gasteiger partial charge in [-0.3, -0.25) is 0 Å². The molecule has 0 fully saturated rings. The van der Waals surface area contributed by atoms with Gasteiger partial charge in [0.2, 0.25) is 0 Å². The Bertz CT molecular complexity index is 604. The minimum atomic E-state index is -4.58. The van der Waals surface area contributed by atoms with Gasteiger partial charge in [-0.2, -0.15) is 18.3 Å². The Balaban J connectivity index is 2.66. The van der Waals surface area contributed by atoms with E-state index in [1.54, 1.807) is 0 Å². The van der Waals surface area contributed by atoms with Crippen LogP contribution >= 0.6 is 11.6 Å². The third kappa shape index (κ3) is 2.58. The topological polar surface area (TPSA) is 17.8 Å². The first-order chi connectivity index (χ1) is 8.84. The molecule has 0 aliphatic rings. The normalized spacial score (nSPS) is 11.9. The van der Waals surface area contributed by atoms with E-state index in [9.17, 15) is 17.6 Å². The number of aromatic nitrogens is 2. The molecule has 1 aromatic heterocycles. The Labute approximate surface area is 111 Å². The van der Waals surface area contributed by atoms with E-state index in [0.29, 0.717) is 5.56 Å². The van der Waals surface area contributed by atoms with Crippen LogP contribution in [0.25, 0.3) is 5.69 Å². The van der Waals surface area contributed by atoms with E-state index in [-0.39, 0.29) is 17.1 Å². The molecule has 0 saturated heterocycles. The fraction of sp³-hybridized carbons (Fsp3) is 0.250. The van der Waals surface area contributed by atoms with Crippen molar-refractivity contribution >= 4 is 11.6 Å². The van der Waals surface area contributed by atoms with Crippen molar-refractivity contribution < 1.29 is 17.6 Å². The Morgan fingerprint density at radius 2 is 2.00 bits per heavy atom. The number of halogens is 5. The van der Waals surface area contributed by atoms with Crippen LogP contribution in [0.2, 0.25) is 0 Å². The van der Waals surface area contributed by atoms with Gasteiger partial charge in [-0.05, 0) is 30.7 Å². The van der Waals surface area contributed by atoms with Crippen LogP contribution in [0.15, 0.2) is 24.4 Å². The standard InChI is InChI=1S/C12H9ClF4N2/c1-7-4-9(14)2-3-10(7)19-11(12(15,16)17)8(5-13)6-18-19/h2-4,6H,5H2,1H3. The quantitative estimate of drug-likeness (QED) is 0.602. The van der Waals surface area contributed by atoms with E-state index in [1.807, 2.05) is 0 Å². The predicted molar refractivity (Wildman–Crippen MR) is 62.8 cm³/mol. The molecule has 2 nitrogen and oxygen atoms in total. The molecule has 0 aliphatic heterocycles. The van der Waals surface area contributed by atoms with Gasteiger partial charge >= 0.3 is 6.18 Å². The molecule has 7 heteroatoms. The fourth-order valence-corrected chi connectivity index (χ4v) is 2.02. The maximum atomic E-state index is 13.0. The van der Waals surface area contributed by atoms with Crippen molar-refractivity contribution in [2.24, 2.45) is 0 Å². The van der Waals surface area contributed by atoms with Crippen molar-refractivity contribution in [1.82, 2.24) is 9.78 Å². The summed E-state index contributed by atoms with van der Waals surface area (Å²) in [5, 5.41) is 3.70. The van der Waals surface area contributed by atoms with Crippen LogP contribution < -0.4 is 0 Å². The lowest BCUT2D eigenvalue weighted by Gasteiger charge is -2.13. The molecular weight excluding hydrogens is 284 g/mol. The number of aryl methyl sites for hydroxylation is 1. The second kappa shape index (κ2) is 4.85. The lowest BCUT2D eigenvalue weighted by atomic mass is 10.2. The van der Waals surface area contributed by atoms with Gasteiger partial charge in [-0.1, -0.05) is 0 Å².